The first-order chi connectivity index (χ1) is 12.4. The van der Waals surface area contributed by atoms with Crippen molar-refractivity contribution in [3.05, 3.63) is 47.0 Å². The highest BCUT2D eigenvalue weighted by Crippen LogP contribution is 2.31. The van der Waals surface area contributed by atoms with Crippen molar-refractivity contribution in [3.8, 4) is 0 Å². The molecular weight excluding hydrogens is 328 g/mol. The van der Waals surface area contributed by atoms with Gasteiger partial charge in [0.1, 0.15) is 0 Å². The van der Waals surface area contributed by atoms with Gasteiger partial charge in [-0.1, -0.05) is 0 Å². The molecular formula is C20H28N4O2. The third-order valence-corrected chi connectivity index (χ3v) is 5.53. The molecule has 0 spiro atoms. The number of aliphatic hydroxyl groups excluding tert-OH is 1. The van der Waals surface area contributed by atoms with E-state index in [2.05, 4.69) is 15.4 Å². The van der Waals surface area contributed by atoms with E-state index in [9.17, 15) is 9.90 Å². The number of hydrogen-bond donors (Lipinski definition) is 2. The zero-order chi connectivity index (χ0) is 18.7. The highest BCUT2D eigenvalue weighted by atomic mass is 16.3. The van der Waals surface area contributed by atoms with Crippen LogP contribution in [0.15, 0.2) is 24.5 Å². The Morgan fingerprint density at radius 2 is 2.04 bits per heavy atom. The molecule has 1 atom stereocenters. The minimum atomic E-state index is -0.225. The van der Waals surface area contributed by atoms with Crippen LogP contribution in [0.25, 0.3) is 0 Å². The van der Waals surface area contributed by atoms with Crippen LogP contribution < -0.4 is 5.32 Å². The number of pyridine rings is 1. The standard InChI is InChI=1S/C20H28N4O2/c1-13-18(14(2)24(3)23-13)4-5-20(26)22-19(16-11-17(25)12-16)10-15-6-8-21-9-7-15/h6-9,16-17,19,25H,4-5,10-12H2,1-3H3,(H,22,26)/t16?,17?,19-/m1/s1. The van der Waals surface area contributed by atoms with E-state index >= 15 is 0 Å². The van der Waals surface area contributed by atoms with Crippen molar-refractivity contribution in [3.63, 3.8) is 0 Å². The molecule has 1 amide bonds. The molecule has 1 fully saturated rings. The summed E-state index contributed by atoms with van der Waals surface area (Å²) in [5.41, 5.74) is 4.43. The Kier molecular flexibility index (Phi) is 5.71. The van der Waals surface area contributed by atoms with Gasteiger partial charge in [0, 0.05) is 37.6 Å². The van der Waals surface area contributed by atoms with Gasteiger partial charge in [-0.3, -0.25) is 14.5 Å². The number of nitrogens with zero attached hydrogens (tertiary/aromatic N) is 3. The van der Waals surface area contributed by atoms with E-state index in [0.29, 0.717) is 18.8 Å². The Labute approximate surface area is 154 Å². The van der Waals surface area contributed by atoms with Gasteiger partial charge in [-0.05, 0) is 68.7 Å². The molecule has 0 radical (unpaired) electrons. The van der Waals surface area contributed by atoms with Crippen LogP contribution in [-0.4, -0.2) is 37.9 Å². The van der Waals surface area contributed by atoms with Crippen LogP contribution in [0.3, 0.4) is 0 Å². The highest BCUT2D eigenvalue weighted by Gasteiger charge is 2.34. The summed E-state index contributed by atoms with van der Waals surface area (Å²) in [6.07, 6.45) is 6.78. The number of rotatable bonds is 7. The molecule has 6 heteroatoms. The molecule has 2 aromatic heterocycles. The van der Waals surface area contributed by atoms with E-state index in [1.807, 2.05) is 37.7 Å². The van der Waals surface area contributed by atoms with Gasteiger partial charge in [-0.25, -0.2) is 0 Å². The second kappa shape index (κ2) is 7.99. The molecule has 2 heterocycles. The Hall–Kier alpha value is -2.21. The van der Waals surface area contributed by atoms with Crippen LogP contribution >= 0.6 is 0 Å². The van der Waals surface area contributed by atoms with Crippen LogP contribution in [0, 0.1) is 19.8 Å². The predicted octanol–water partition coefficient (Wildman–Crippen LogP) is 1.86. The molecule has 2 aromatic rings. The average molecular weight is 356 g/mol. The molecule has 1 aliphatic rings. The molecule has 140 valence electrons. The van der Waals surface area contributed by atoms with Gasteiger partial charge in [0.25, 0.3) is 0 Å². The fourth-order valence-electron chi connectivity index (χ4n) is 3.76. The SMILES string of the molecule is Cc1nn(C)c(C)c1CCC(=O)N[C@H](Cc1ccncc1)C1CC(O)C1. The van der Waals surface area contributed by atoms with Gasteiger partial charge < -0.3 is 10.4 Å². The summed E-state index contributed by atoms with van der Waals surface area (Å²) in [6, 6.07) is 4.03. The topological polar surface area (TPSA) is 80.0 Å². The minimum Gasteiger partial charge on any atom is -0.393 e. The van der Waals surface area contributed by atoms with Gasteiger partial charge >= 0.3 is 0 Å². The summed E-state index contributed by atoms with van der Waals surface area (Å²) in [5, 5.41) is 17.3. The van der Waals surface area contributed by atoms with Gasteiger partial charge in [-0.2, -0.15) is 5.10 Å². The normalized spacial score (nSPS) is 20.5. The number of aliphatic hydroxyl groups is 1. The van der Waals surface area contributed by atoms with Crippen molar-refractivity contribution in [2.45, 2.75) is 58.1 Å². The number of carbonyl (C=O) groups excluding carboxylic acids is 1. The van der Waals surface area contributed by atoms with Crippen molar-refractivity contribution in [1.82, 2.24) is 20.1 Å². The Bertz CT molecular complexity index is 751. The number of aromatic nitrogens is 3. The number of carbonyl (C=O) groups is 1. The first kappa shape index (κ1) is 18.6. The molecule has 1 saturated carbocycles. The van der Waals surface area contributed by atoms with Gasteiger partial charge in [-0.15, -0.1) is 0 Å². The Morgan fingerprint density at radius 1 is 1.35 bits per heavy atom. The van der Waals surface area contributed by atoms with E-state index in [0.717, 1.165) is 41.8 Å². The number of amides is 1. The quantitative estimate of drug-likeness (QED) is 0.794. The van der Waals surface area contributed by atoms with Crippen LogP contribution in [0.1, 0.15) is 41.8 Å². The van der Waals surface area contributed by atoms with E-state index in [4.69, 9.17) is 0 Å². The molecule has 0 aromatic carbocycles. The first-order valence-corrected chi connectivity index (χ1v) is 9.29. The third kappa shape index (κ3) is 4.30. The van der Waals surface area contributed by atoms with Crippen molar-refractivity contribution >= 4 is 5.91 Å². The van der Waals surface area contributed by atoms with Gasteiger partial charge in [0.05, 0.1) is 11.8 Å². The summed E-state index contributed by atoms with van der Waals surface area (Å²) in [4.78, 5) is 16.6. The lowest BCUT2D eigenvalue weighted by atomic mass is 9.75. The molecule has 6 nitrogen and oxygen atoms in total. The monoisotopic (exact) mass is 356 g/mol. The van der Waals surface area contributed by atoms with E-state index < -0.39 is 0 Å². The zero-order valence-electron chi connectivity index (χ0n) is 15.8. The van der Waals surface area contributed by atoms with Gasteiger partial charge in [0.2, 0.25) is 5.91 Å². The van der Waals surface area contributed by atoms with Crippen LogP contribution in [0.5, 0.6) is 0 Å². The van der Waals surface area contributed by atoms with Crippen molar-refractivity contribution in [2.24, 2.45) is 13.0 Å². The number of aryl methyl sites for hydroxylation is 2. The molecule has 26 heavy (non-hydrogen) atoms. The van der Waals surface area contributed by atoms with Crippen LogP contribution in [0.2, 0.25) is 0 Å². The van der Waals surface area contributed by atoms with Crippen molar-refractivity contribution in [2.75, 3.05) is 0 Å². The largest absolute Gasteiger partial charge is 0.393 e. The number of nitrogens with one attached hydrogen (secondary N) is 1. The van der Waals surface area contributed by atoms with Crippen molar-refractivity contribution in [1.29, 1.82) is 0 Å². The Balaban J connectivity index is 1.59. The molecule has 1 aliphatic carbocycles. The molecule has 0 saturated heterocycles. The lowest BCUT2D eigenvalue weighted by Gasteiger charge is -2.38. The maximum absolute atomic E-state index is 12.6. The lowest BCUT2D eigenvalue weighted by molar-refractivity contribution is -0.122. The molecule has 0 bridgehead atoms. The fourth-order valence-corrected chi connectivity index (χ4v) is 3.76. The molecule has 3 rings (SSSR count). The Morgan fingerprint density at radius 3 is 2.62 bits per heavy atom. The lowest BCUT2D eigenvalue weighted by Crippen LogP contribution is -2.48. The number of hydrogen-bond acceptors (Lipinski definition) is 4. The maximum atomic E-state index is 12.6. The summed E-state index contributed by atoms with van der Waals surface area (Å²) in [6.45, 7) is 4.03. The highest BCUT2D eigenvalue weighted by molar-refractivity contribution is 5.76. The maximum Gasteiger partial charge on any atom is 0.220 e. The smallest absolute Gasteiger partial charge is 0.220 e. The second-order valence-electron chi connectivity index (χ2n) is 7.39. The first-order valence-electron chi connectivity index (χ1n) is 9.29. The summed E-state index contributed by atoms with van der Waals surface area (Å²) in [7, 11) is 1.93. The molecule has 0 unspecified atom stereocenters. The second-order valence-corrected chi connectivity index (χ2v) is 7.39. The average Bonchev–Trinajstić information content (AvgIpc) is 2.83. The zero-order valence-corrected chi connectivity index (χ0v) is 15.8. The third-order valence-electron chi connectivity index (χ3n) is 5.53. The summed E-state index contributed by atoms with van der Waals surface area (Å²) in [5.74, 6) is 0.400. The van der Waals surface area contributed by atoms with E-state index in [-0.39, 0.29) is 18.1 Å². The van der Waals surface area contributed by atoms with Crippen molar-refractivity contribution < 1.29 is 9.90 Å². The van der Waals surface area contributed by atoms with Gasteiger partial charge in [0.15, 0.2) is 0 Å². The van der Waals surface area contributed by atoms with E-state index in [1.54, 1.807) is 12.4 Å². The summed E-state index contributed by atoms with van der Waals surface area (Å²) < 4.78 is 1.87. The van der Waals surface area contributed by atoms with Crippen LogP contribution in [-0.2, 0) is 24.7 Å². The van der Waals surface area contributed by atoms with Crippen LogP contribution in [0.4, 0.5) is 0 Å². The predicted molar refractivity (Wildman–Crippen MR) is 99.6 cm³/mol. The van der Waals surface area contributed by atoms with E-state index in [1.165, 1.54) is 0 Å². The molecule has 0 aliphatic heterocycles. The summed E-state index contributed by atoms with van der Waals surface area (Å²) >= 11 is 0. The molecule has 2 N–H and O–H groups in total. The fraction of sp³-hybridized carbons (Fsp3) is 0.550. The minimum absolute atomic E-state index is 0.0596.